The van der Waals surface area contributed by atoms with Crippen LogP contribution in [0.4, 0.5) is 27.5 Å². The second kappa shape index (κ2) is 9.06. The zero-order chi connectivity index (χ0) is 23.5. The first-order valence-electron chi connectivity index (χ1n) is 9.58. The molecule has 0 unspecified atom stereocenters. The van der Waals surface area contributed by atoms with Gasteiger partial charge in [0.2, 0.25) is 0 Å². The molecule has 0 atom stereocenters. The average Bonchev–Trinajstić information content (AvgIpc) is 2.71. The van der Waals surface area contributed by atoms with Crippen molar-refractivity contribution in [1.82, 2.24) is 0 Å². The Labute approximate surface area is 185 Å². The Bertz CT molecular complexity index is 1250. The van der Waals surface area contributed by atoms with E-state index < -0.39 is 21.0 Å². The lowest BCUT2D eigenvalue weighted by Gasteiger charge is -2.14. The second-order valence-corrected chi connectivity index (χ2v) is 8.97. The zero-order valence-electron chi connectivity index (χ0n) is 17.7. The summed E-state index contributed by atoms with van der Waals surface area (Å²) < 4.78 is 28.2. The van der Waals surface area contributed by atoms with E-state index in [1.807, 2.05) is 32.9 Å². The summed E-state index contributed by atoms with van der Waals surface area (Å²) in [6.07, 6.45) is 0. The minimum atomic E-state index is -3.81. The monoisotopic (exact) mass is 454 g/mol. The van der Waals surface area contributed by atoms with Gasteiger partial charge in [0.15, 0.2) is 0 Å². The number of anilines is 3. The van der Waals surface area contributed by atoms with E-state index in [2.05, 4.69) is 15.4 Å². The molecule has 0 saturated heterocycles. The first-order valence-corrected chi connectivity index (χ1v) is 11.1. The van der Waals surface area contributed by atoms with Gasteiger partial charge >= 0.3 is 6.03 Å². The standard InChI is InChI=1S/C22H22N4O5S/c1-14-12-15(2)21(16(3)13-14)25-32(30,31)20-10-6-18(7-11-20)24-22(27)23-17-4-8-19(9-5-17)26(28)29/h4-13,25H,1-3H3,(H2,23,24,27). The van der Waals surface area contributed by atoms with E-state index in [-0.39, 0.29) is 10.6 Å². The van der Waals surface area contributed by atoms with Crippen LogP contribution in [0, 0.1) is 30.9 Å². The van der Waals surface area contributed by atoms with Gasteiger partial charge in [0, 0.05) is 23.5 Å². The fourth-order valence-corrected chi connectivity index (χ4v) is 4.41. The van der Waals surface area contributed by atoms with Crippen LogP contribution in [0.25, 0.3) is 0 Å². The summed E-state index contributed by atoms with van der Waals surface area (Å²) in [6, 6.07) is 14.3. The number of hydrogen-bond donors (Lipinski definition) is 3. The lowest BCUT2D eigenvalue weighted by atomic mass is 10.1. The molecular weight excluding hydrogens is 432 g/mol. The third-order valence-corrected chi connectivity index (χ3v) is 6.04. The average molecular weight is 455 g/mol. The van der Waals surface area contributed by atoms with Crippen molar-refractivity contribution in [3.8, 4) is 0 Å². The van der Waals surface area contributed by atoms with Crippen LogP contribution in [0.15, 0.2) is 65.6 Å². The number of sulfonamides is 1. The first-order chi connectivity index (χ1) is 15.0. The second-order valence-electron chi connectivity index (χ2n) is 7.29. The molecule has 0 saturated carbocycles. The van der Waals surface area contributed by atoms with Crippen molar-refractivity contribution >= 4 is 38.8 Å². The summed E-state index contributed by atoms with van der Waals surface area (Å²) >= 11 is 0. The summed E-state index contributed by atoms with van der Waals surface area (Å²) in [5.74, 6) is 0. The Morgan fingerprint density at radius 3 is 1.78 bits per heavy atom. The zero-order valence-corrected chi connectivity index (χ0v) is 18.5. The lowest BCUT2D eigenvalue weighted by molar-refractivity contribution is -0.384. The molecule has 0 heterocycles. The normalized spacial score (nSPS) is 11.0. The van der Waals surface area contributed by atoms with Crippen molar-refractivity contribution in [1.29, 1.82) is 0 Å². The molecule has 3 rings (SSSR count). The number of carbonyl (C=O) groups is 1. The van der Waals surface area contributed by atoms with E-state index in [1.165, 1.54) is 48.5 Å². The SMILES string of the molecule is Cc1cc(C)c(NS(=O)(=O)c2ccc(NC(=O)Nc3ccc([N+](=O)[O-])cc3)cc2)c(C)c1. The van der Waals surface area contributed by atoms with Crippen molar-refractivity contribution in [2.24, 2.45) is 0 Å². The molecule has 0 aliphatic carbocycles. The quantitative estimate of drug-likeness (QED) is 0.358. The summed E-state index contributed by atoms with van der Waals surface area (Å²) in [5, 5.41) is 15.8. The highest BCUT2D eigenvalue weighted by Crippen LogP contribution is 2.25. The molecule has 0 radical (unpaired) electrons. The third kappa shape index (κ3) is 5.41. The topological polar surface area (TPSA) is 130 Å². The molecule has 0 spiro atoms. The van der Waals surface area contributed by atoms with Gasteiger partial charge in [-0.05, 0) is 68.3 Å². The van der Waals surface area contributed by atoms with Gasteiger partial charge in [0.25, 0.3) is 15.7 Å². The molecule has 3 aromatic carbocycles. The Kier molecular flexibility index (Phi) is 6.45. The number of nitrogens with zero attached hydrogens (tertiary/aromatic N) is 1. The molecule has 166 valence electrons. The van der Waals surface area contributed by atoms with Crippen LogP contribution < -0.4 is 15.4 Å². The summed E-state index contributed by atoms with van der Waals surface area (Å²) in [7, 11) is -3.81. The third-order valence-electron chi connectivity index (χ3n) is 4.67. The minimum Gasteiger partial charge on any atom is -0.308 e. The van der Waals surface area contributed by atoms with Crippen LogP contribution in [-0.2, 0) is 10.0 Å². The van der Waals surface area contributed by atoms with Crippen LogP contribution in [0.2, 0.25) is 0 Å². The number of benzene rings is 3. The van der Waals surface area contributed by atoms with Gasteiger partial charge < -0.3 is 10.6 Å². The van der Waals surface area contributed by atoms with Crippen LogP contribution in [-0.4, -0.2) is 19.4 Å². The molecule has 3 aromatic rings. The number of rotatable bonds is 6. The Morgan fingerprint density at radius 1 is 0.844 bits per heavy atom. The molecule has 2 amide bonds. The molecule has 9 nitrogen and oxygen atoms in total. The van der Waals surface area contributed by atoms with E-state index in [0.717, 1.165) is 16.7 Å². The van der Waals surface area contributed by atoms with Crippen molar-refractivity contribution < 1.29 is 18.1 Å². The number of hydrogen-bond acceptors (Lipinski definition) is 5. The number of nitrogens with one attached hydrogen (secondary N) is 3. The van der Waals surface area contributed by atoms with Gasteiger partial charge in [0.1, 0.15) is 0 Å². The fourth-order valence-electron chi connectivity index (χ4n) is 3.21. The van der Waals surface area contributed by atoms with Crippen LogP contribution in [0.5, 0.6) is 0 Å². The predicted octanol–water partition coefficient (Wildman–Crippen LogP) is 4.96. The highest BCUT2D eigenvalue weighted by Gasteiger charge is 2.17. The number of aryl methyl sites for hydroxylation is 3. The van der Waals surface area contributed by atoms with Crippen LogP contribution in [0.3, 0.4) is 0 Å². The number of non-ortho nitro benzene ring substituents is 1. The van der Waals surface area contributed by atoms with Gasteiger partial charge in [-0.2, -0.15) is 0 Å². The van der Waals surface area contributed by atoms with Gasteiger partial charge in [0.05, 0.1) is 15.5 Å². The highest BCUT2D eigenvalue weighted by molar-refractivity contribution is 7.92. The lowest BCUT2D eigenvalue weighted by Crippen LogP contribution is -2.19. The Balaban J connectivity index is 1.67. The molecule has 0 aliphatic heterocycles. The van der Waals surface area contributed by atoms with Gasteiger partial charge in [-0.1, -0.05) is 17.7 Å². The maximum absolute atomic E-state index is 12.8. The predicted molar refractivity (Wildman–Crippen MR) is 124 cm³/mol. The first kappa shape index (κ1) is 22.8. The maximum atomic E-state index is 12.8. The molecule has 0 fully saturated rings. The van der Waals surface area contributed by atoms with Crippen molar-refractivity contribution in [2.75, 3.05) is 15.4 Å². The molecule has 3 N–H and O–H groups in total. The van der Waals surface area contributed by atoms with Crippen LogP contribution in [0.1, 0.15) is 16.7 Å². The summed E-state index contributed by atoms with van der Waals surface area (Å²) in [5.41, 5.74) is 3.91. The molecule has 10 heteroatoms. The Hall–Kier alpha value is -3.92. The maximum Gasteiger partial charge on any atom is 0.323 e. The molecule has 32 heavy (non-hydrogen) atoms. The smallest absolute Gasteiger partial charge is 0.308 e. The summed E-state index contributed by atoms with van der Waals surface area (Å²) in [4.78, 5) is 22.3. The van der Waals surface area contributed by atoms with Gasteiger partial charge in [-0.3, -0.25) is 14.8 Å². The fraction of sp³-hybridized carbons (Fsp3) is 0.136. The molecular formula is C22H22N4O5S. The number of urea groups is 1. The van der Waals surface area contributed by atoms with E-state index in [0.29, 0.717) is 17.1 Å². The van der Waals surface area contributed by atoms with Crippen molar-refractivity contribution in [3.05, 3.63) is 87.5 Å². The largest absolute Gasteiger partial charge is 0.323 e. The summed E-state index contributed by atoms with van der Waals surface area (Å²) in [6.45, 7) is 5.63. The highest BCUT2D eigenvalue weighted by atomic mass is 32.2. The molecule has 0 aromatic heterocycles. The van der Waals surface area contributed by atoms with E-state index in [4.69, 9.17) is 0 Å². The minimum absolute atomic E-state index is 0.0539. The molecule has 0 bridgehead atoms. The van der Waals surface area contributed by atoms with Gasteiger partial charge in [-0.25, -0.2) is 13.2 Å². The molecule has 0 aliphatic rings. The number of nitro benzene ring substituents is 1. The number of carbonyl (C=O) groups excluding carboxylic acids is 1. The Morgan fingerprint density at radius 2 is 1.31 bits per heavy atom. The van der Waals surface area contributed by atoms with E-state index in [1.54, 1.807) is 0 Å². The van der Waals surface area contributed by atoms with Gasteiger partial charge in [-0.15, -0.1) is 0 Å². The van der Waals surface area contributed by atoms with Crippen molar-refractivity contribution in [2.45, 2.75) is 25.7 Å². The van der Waals surface area contributed by atoms with Crippen LogP contribution >= 0.6 is 0 Å². The van der Waals surface area contributed by atoms with E-state index >= 15 is 0 Å². The number of nitro groups is 1. The van der Waals surface area contributed by atoms with Crippen molar-refractivity contribution in [3.63, 3.8) is 0 Å². The van der Waals surface area contributed by atoms with E-state index in [9.17, 15) is 23.3 Å². The number of amides is 2.